The molecule has 102 valence electrons. The largest absolute Gasteiger partial charge is 0.395 e. The normalized spacial score (nSPS) is 11.6. The van der Waals surface area contributed by atoms with Crippen LogP contribution in [0.5, 0.6) is 0 Å². The summed E-state index contributed by atoms with van der Waals surface area (Å²) in [6.45, 7) is 9.25. The number of hydrogen-bond donors (Lipinski definition) is 2. The first-order valence-electron chi connectivity index (χ1n) is 6.40. The highest BCUT2D eigenvalue weighted by Crippen LogP contribution is 2.23. The van der Waals surface area contributed by atoms with Crippen LogP contribution in [0.25, 0.3) is 0 Å². The highest BCUT2D eigenvalue weighted by atomic mass is 16.3. The summed E-state index contributed by atoms with van der Waals surface area (Å²) in [4.78, 5) is 2.01. The minimum absolute atomic E-state index is 0.0180. The van der Waals surface area contributed by atoms with Crippen molar-refractivity contribution in [1.82, 2.24) is 4.90 Å². The van der Waals surface area contributed by atoms with Gasteiger partial charge in [-0.1, -0.05) is 6.07 Å². The summed E-state index contributed by atoms with van der Waals surface area (Å²) in [5.41, 5.74) is 6.51. The van der Waals surface area contributed by atoms with Gasteiger partial charge in [0.05, 0.1) is 19.3 Å². The van der Waals surface area contributed by atoms with Crippen molar-refractivity contribution in [2.75, 3.05) is 20.3 Å². The van der Waals surface area contributed by atoms with Gasteiger partial charge in [0.1, 0.15) is 0 Å². The lowest BCUT2D eigenvalue weighted by atomic mass is 9.94. The quantitative estimate of drug-likeness (QED) is 0.837. The zero-order chi connectivity index (χ0) is 13.9. The van der Waals surface area contributed by atoms with Crippen molar-refractivity contribution >= 4 is 0 Å². The Kier molecular flexibility index (Phi) is 5.32. The summed E-state index contributed by atoms with van der Waals surface area (Å²) >= 11 is 0. The van der Waals surface area contributed by atoms with Crippen LogP contribution in [-0.2, 0) is 6.54 Å². The van der Waals surface area contributed by atoms with E-state index in [0.717, 1.165) is 6.54 Å². The Morgan fingerprint density at radius 1 is 1.00 bits per heavy atom. The monoisotopic (exact) mass is 251 g/mol. The highest BCUT2D eigenvalue weighted by Gasteiger charge is 2.16. The summed E-state index contributed by atoms with van der Waals surface area (Å²) in [7, 11) is 1.94. The van der Waals surface area contributed by atoms with Gasteiger partial charge in [-0.25, -0.2) is 0 Å². The van der Waals surface area contributed by atoms with Crippen LogP contribution < -0.4 is 0 Å². The van der Waals surface area contributed by atoms with E-state index < -0.39 is 0 Å². The molecule has 1 rings (SSSR count). The van der Waals surface area contributed by atoms with E-state index in [2.05, 4.69) is 33.8 Å². The average molecular weight is 251 g/mol. The van der Waals surface area contributed by atoms with Crippen molar-refractivity contribution in [3.63, 3.8) is 0 Å². The first-order valence-corrected chi connectivity index (χ1v) is 6.40. The van der Waals surface area contributed by atoms with Gasteiger partial charge in [0.2, 0.25) is 0 Å². The van der Waals surface area contributed by atoms with Crippen LogP contribution in [0.15, 0.2) is 6.07 Å². The Morgan fingerprint density at radius 3 is 1.83 bits per heavy atom. The lowest BCUT2D eigenvalue weighted by Gasteiger charge is -2.27. The molecule has 0 atom stereocenters. The number of nitrogens with zero attached hydrogens (tertiary/aromatic N) is 1. The third kappa shape index (κ3) is 3.10. The smallest absolute Gasteiger partial charge is 0.0609 e. The lowest BCUT2D eigenvalue weighted by molar-refractivity contribution is 0.0871. The summed E-state index contributed by atoms with van der Waals surface area (Å²) in [6, 6.07) is 2.02. The maximum atomic E-state index is 9.22. The molecule has 0 aliphatic carbocycles. The number of aliphatic hydroxyl groups is 2. The fourth-order valence-corrected chi connectivity index (χ4v) is 2.25. The van der Waals surface area contributed by atoms with Gasteiger partial charge in [-0.2, -0.15) is 0 Å². The van der Waals surface area contributed by atoms with Crippen LogP contribution in [0, 0.1) is 27.7 Å². The van der Waals surface area contributed by atoms with Gasteiger partial charge in [-0.05, 0) is 62.6 Å². The van der Waals surface area contributed by atoms with Gasteiger partial charge in [0.25, 0.3) is 0 Å². The molecule has 2 N–H and O–H groups in total. The summed E-state index contributed by atoms with van der Waals surface area (Å²) < 4.78 is 0. The second-order valence-corrected chi connectivity index (χ2v) is 5.17. The van der Waals surface area contributed by atoms with Crippen LogP contribution in [0.1, 0.15) is 27.8 Å². The number of likely N-dealkylation sites (N-methyl/N-ethyl adjacent to an activating group) is 1. The molecule has 0 amide bonds. The van der Waals surface area contributed by atoms with Gasteiger partial charge in [0, 0.05) is 6.54 Å². The first kappa shape index (κ1) is 15.2. The summed E-state index contributed by atoms with van der Waals surface area (Å²) in [5.74, 6) is 0. The molecule has 0 fully saturated rings. The van der Waals surface area contributed by atoms with E-state index in [1.54, 1.807) is 0 Å². The molecule has 0 radical (unpaired) electrons. The zero-order valence-corrected chi connectivity index (χ0v) is 12.1. The van der Waals surface area contributed by atoms with Gasteiger partial charge in [-0.15, -0.1) is 0 Å². The summed E-state index contributed by atoms with van der Waals surface area (Å²) in [6.07, 6.45) is 0. The lowest BCUT2D eigenvalue weighted by Crippen LogP contribution is -2.37. The molecule has 0 aliphatic heterocycles. The van der Waals surface area contributed by atoms with Gasteiger partial charge in [-0.3, -0.25) is 4.90 Å². The Hall–Kier alpha value is -0.900. The molecule has 0 bridgehead atoms. The predicted molar refractivity (Wildman–Crippen MR) is 74.8 cm³/mol. The molecule has 0 aliphatic rings. The van der Waals surface area contributed by atoms with Crippen LogP contribution in [-0.4, -0.2) is 41.4 Å². The van der Waals surface area contributed by atoms with E-state index in [1.807, 2.05) is 11.9 Å². The molecule has 3 nitrogen and oxygen atoms in total. The van der Waals surface area contributed by atoms with Crippen LogP contribution in [0.4, 0.5) is 0 Å². The number of hydrogen-bond acceptors (Lipinski definition) is 3. The molecule has 0 unspecified atom stereocenters. The Balaban J connectivity index is 3.04. The molecule has 0 heterocycles. The molecule has 0 aromatic heterocycles. The molecule has 0 spiro atoms. The number of rotatable bonds is 5. The van der Waals surface area contributed by atoms with Crippen LogP contribution in [0.3, 0.4) is 0 Å². The predicted octanol–water partition coefficient (Wildman–Crippen LogP) is 1.71. The molecule has 1 aromatic carbocycles. The molecule has 0 saturated heterocycles. The SMILES string of the molecule is Cc1cc(C)c(C)c(CN(C)C(CO)CO)c1C. The van der Waals surface area contributed by atoms with Gasteiger partial charge < -0.3 is 10.2 Å². The van der Waals surface area contributed by atoms with E-state index in [9.17, 15) is 10.2 Å². The molecule has 0 saturated carbocycles. The van der Waals surface area contributed by atoms with Crippen molar-refractivity contribution in [3.05, 3.63) is 33.9 Å². The molecular formula is C15H25NO2. The Labute approximate surface area is 110 Å². The van der Waals surface area contributed by atoms with Crippen LogP contribution >= 0.6 is 0 Å². The minimum Gasteiger partial charge on any atom is -0.395 e. The number of aryl methyl sites for hydroxylation is 2. The number of benzene rings is 1. The molecule has 1 aromatic rings. The molecular weight excluding hydrogens is 226 g/mol. The fraction of sp³-hybridized carbons (Fsp3) is 0.600. The fourth-order valence-electron chi connectivity index (χ4n) is 2.25. The highest BCUT2D eigenvalue weighted by molar-refractivity contribution is 5.43. The average Bonchev–Trinajstić information content (AvgIpc) is 2.33. The Bertz CT molecular complexity index is 385. The van der Waals surface area contributed by atoms with E-state index in [0.29, 0.717) is 0 Å². The van der Waals surface area contributed by atoms with Crippen molar-refractivity contribution in [2.45, 2.75) is 40.3 Å². The maximum Gasteiger partial charge on any atom is 0.0609 e. The second-order valence-electron chi connectivity index (χ2n) is 5.17. The van der Waals surface area contributed by atoms with E-state index >= 15 is 0 Å². The zero-order valence-electron chi connectivity index (χ0n) is 12.1. The summed E-state index contributed by atoms with van der Waals surface area (Å²) in [5, 5.41) is 18.4. The van der Waals surface area contributed by atoms with E-state index in [4.69, 9.17) is 0 Å². The molecule has 18 heavy (non-hydrogen) atoms. The van der Waals surface area contributed by atoms with Crippen LogP contribution in [0.2, 0.25) is 0 Å². The maximum absolute atomic E-state index is 9.22. The van der Waals surface area contributed by atoms with Crippen molar-refractivity contribution in [1.29, 1.82) is 0 Å². The molecule has 3 heteroatoms. The standard InChI is InChI=1S/C15H25NO2/c1-10-6-11(2)13(4)15(12(10)3)7-16(5)14(8-17)9-18/h6,14,17-18H,7-9H2,1-5H3. The van der Waals surface area contributed by atoms with Gasteiger partial charge in [0.15, 0.2) is 0 Å². The Morgan fingerprint density at radius 2 is 1.44 bits per heavy atom. The number of aliphatic hydroxyl groups excluding tert-OH is 2. The van der Waals surface area contributed by atoms with Crippen molar-refractivity contribution in [2.24, 2.45) is 0 Å². The topological polar surface area (TPSA) is 43.7 Å². The van der Waals surface area contributed by atoms with E-state index in [1.165, 1.54) is 27.8 Å². The third-order valence-electron chi connectivity index (χ3n) is 3.97. The minimum atomic E-state index is -0.190. The van der Waals surface area contributed by atoms with E-state index in [-0.39, 0.29) is 19.3 Å². The first-order chi connectivity index (χ1) is 8.42. The van der Waals surface area contributed by atoms with Crippen molar-refractivity contribution in [3.8, 4) is 0 Å². The third-order valence-corrected chi connectivity index (χ3v) is 3.97. The van der Waals surface area contributed by atoms with Crippen molar-refractivity contribution < 1.29 is 10.2 Å². The van der Waals surface area contributed by atoms with Gasteiger partial charge >= 0.3 is 0 Å². The second kappa shape index (κ2) is 6.32.